The van der Waals surface area contributed by atoms with Crippen molar-refractivity contribution in [1.82, 2.24) is 5.01 Å². The number of hydrazone groups is 1. The summed E-state index contributed by atoms with van der Waals surface area (Å²) in [4.78, 5) is 1.15. The minimum Gasteiger partial charge on any atom is -0.464 e. The molecule has 3 aromatic rings. The normalized spacial score (nSPS) is 21.0. The summed E-state index contributed by atoms with van der Waals surface area (Å²) < 4.78 is 20.7. The van der Waals surface area contributed by atoms with Crippen LogP contribution in [0.2, 0.25) is 0 Å². The van der Waals surface area contributed by atoms with Gasteiger partial charge in [-0.2, -0.15) is 5.10 Å². The first-order chi connectivity index (χ1) is 12.7. The van der Waals surface area contributed by atoms with Crippen LogP contribution in [0, 0.1) is 5.82 Å². The Balaban J connectivity index is 1.59. The molecule has 3 nitrogen and oxygen atoms in total. The summed E-state index contributed by atoms with van der Waals surface area (Å²) in [6.45, 7) is 0. The van der Waals surface area contributed by atoms with Gasteiger partial charge in [-0.15, -0.1) is 11.3 Å². The van der Waals surface area contributed by atoms with Gasteiger partial charge < -0.3 is 4.74 Å². The Morgan fingerprint density at radius 1 is 1.08 bits per heavy atom. The maximum absolute atomic E-state index is 13.4. The van der Waals surface area contributed by atoms with E-state index in [1.165, 1.54) is 12.1 Å². The molecule has 2 atom stereocenters. The van der Waals surface area contributed by atoms with Crippen LogP contribution in [-0.2, 0) is 0 Å². The van der Waals surface area contributed by atoms with E-state index >= 15 is 0 Å². The lowest BCUT2D eigenvalue weighted by Gasteiger charge is -2.38. The third kappa shape index (κ3) is 2.64. The smallest absolute Gasteiger partial charge is 0.213 e. The van der Waals surface area contributed by atoms with E-state index in [2.05, 4.69) is 28.1 Å². The first kappa shape index (κ1) is 16.0. The minimum absolute atomic E-state index is 0.117. The van der Waals surface area contributed by atoms with Crippen LogP contribution in [0.3, 0.4) is 0 Å². The van der Waals surface area contributed by atoms with Crippen LogP contribution < -0.4 is 4.74 Å². The summed E-state index contributed by atoms with van der Waals surface area (Å²) in [7, 11) is 0. The van der Waals surface area contributed by atoms with E-state index in [9.17, 15) is 4.39 Å². The van der Waals surface area contributed by atoms with Crippen molar-refractivity contribution < 1.29 is 9.13 Å². The monoisotopic (exact) mass is 428 g/mol. The number of nitrogens with zero attached hydrogens (tertiary/aromatic N) is 2. The second-order valence-corrected chi connectivity index (χ2v) is 8.77. The Morgan fingerprint density at radius 3 is 2.65 bits per heavy atom. The Labute approximate surface area is 162 Å². The van der Waals surface area contributed by atoms with Crippen molar-refractivity contribution >= 4 is 33.0 Å². The summed E-state index contributed by atoms with van der Waals surface area (Å²) in [6, 6.07) is 18.8. The molecule has 0 spiro atoms. The molecule has 3 heterocycles. The quantitative estimate of drug-likeness (QED) is 0.507. The lowest BCUT2D eigenvalue weighted by Crippen LogP contribution is -2.33. The van der Waals surface area contributed by atoms with Gasteiger partial charge in [0.15, 0.2) is 0 Å². The molecule has 0 bridgehead atoms. The number of ether oxygens (including phenoxy) is 1. The molecule has 0 unspecified atom stereocenters. The van der Waals surface area contributed by atoms with Crippen molar-refractivity contribution in [3.05, 3.63) is 86.3 Å². The second-order valence-electron chi connectivity index (χ2n) is 6.31. The van der Waals surface area contributed by atoms with Gasteiger partial charge in [0.05, 0.1) is 20.4 Å². The zero-order valence-electron chi connectivity index (χ0n) is 13.6. The highest BCUT2D eigenvalue weighted by molar-refractivity contribution is 9.11. The summed E-state index contributed by atoms with van der Waals surface area (Å²) in [5, 5.41) is 6.91. The number of rotatable bonds is 2. The number of benzene rings is 2. The molecule has 26 heavy (non-hydrogen) atoms. The molecule has 0 saturated heterocycles. The van der Waals surface area contributed by atoms with Crippen molar-refractivity contribution in [1.29, 1.82) is 0 Å². The Hall–Kier alpha value is -2.18. The summed E-state index contributed by atoms with van der Waals surface area (Å²) in [5.74, 6) is 0.613. The van der Waals surface area contributed by atoms with E-state index < -0.39 is 0 Å². The Morgan fingerprint density at radius 2 is 1.88 bits per heavy atom. The van der Waals surface area contributed by atoms with Gasteiger partial charge in [-0.25, -0.2) is 9.40 Å². The molecule has 0 radical (unpaired) electrons. The van der Waals surface area contributed by atoms with E-state index in [1.54, 1.807) is 23.5 Å². The minimum atomic E-state index is -0.364. The standard InChI is InChI=1S/C20H14BrFN2OS/c21-19-10-9-18(26-19)15-11-16-14-3-1-2-4-17(14)25-20(24(16)23-15)12-5-7-13(22)8-6-12/h1-10,16,20H,11H2/t16-,20+/m0/s1. The van der Waals surface area contributed by atoms with Crippen LogP contribution in [0.15, 0.2) is 69.6 Å². The molecular formula is C20H14BrFN2OS. The Kier molecular flexibility index (Phi) is 3.83. The number of para-hydroxylation sites is 1. The van der Waals surface area contributed by atoms with Gasteiger partial charge in [-0.3, -0.25) is 0 Å². The topological polar surface area (TPSA) is 24.8 Å². The van der Waals surface area contributed by atoms with Crippen LogP contribution in [0.25, 0.3) is 0 Å². The zero-order valence-corrected chi connectivity index (χ0v) is 16.0. The van der Waals surface area contributed by atoms with Crippen LogP contribution in [0.5, 0.6) is 5.75 Å². The molecule has 1 aromatic heterocycles. The fraction of sp³-hybridized carbons (Fsp3) is 0.150. The molecule has 2 aliphatic heterocycles. The fourth-order valence-electron chi connectivity index (χ4n) is 3.50. The molecule has 2 aliphatic rings. The predicted molar refractivity (Wildman–Crippen MR) is 104 cm³/mol. The van der Waals surface area contributed by atoms with Crippen LogP contribution in [0.1, 0.15) is 34.7 Å². The van der Waals surface area contributed by atoms with E-state index in [4.69, 9.17) is 9.84 Å². The van der Waals surface area contributed by atoms with Gasteiger partial charge in [0.1, 0.15) is 11.6 Å². The molecule has 0 aliphatic carbocycles. The second kappa shape index (κ2) is 6.21. The lowest BCUT2D eigenvalue weighted by atomic mass is 9.98. The number of halogens is 2. The molecule has 0 fully saturated rings. The molecular weight excluding hydrogens is 415 g/mol. The van der Waals surface area contributed by atoms with Gasteiger partial charge in [0, 0.05) is 17.5 Å². The molecule has 5 rings (SSSR count). The third-order valence-electron chi connectivity index (χ3n) is 4.71. The van der Waals surface area contributed by atoms with E-state index in [1.807, 2.05) is 29.3 Å². The first-order valence-corrected chi connectivity index (χ1v) is 9.92. The van der Waals surface area contributed by atoms with E-state index in [-0.39, 0.29) is 18.1 Å². The highest BCUT2D eigenvalue weighted by Gasteiger charge is 2.41. The van der Waals surface area contributed by atoms with Gasteiger partial charge >= 0.3 is 0 Å². The number of hydrogen-bond donors (Lipinski definition) is 0. The predicted octanol–water partition coefficient (Wildman–Crippen LogP) is 5.89. The maximum atomic E-state index is 13.4. The van der Waals surface area contributed by atoms with Crippen LogP contribution in [0.4, 0.5) is 4.39 Å². The van der Waals surface area contributed by atoms with Gasteiger partial charge in [-0.05, 0) is 46.3 Å². The van der Waals surface area contributed by atoms with Crippen molar-refractivity contribution in [2.24, 2.45) is 5.10 Å². The SMILES string of the molecule is Fc1ccc([C@H]2Oc3ccccc3[C@@H]3CC(c4ccc(Br)s4)=NN23)cc1. The van der Waals surface area contributed by atoms with Gasteiger partial charge in [-0.1, -0.05) is 30.3 Å². The highest BCUT2D eigenvalue weighted by atomic mass is 79.9. The number of thiophene rings is 1. The van der Waals surface area contributed by atoms with E-state index in [0.717, 1.165) is 37.7 Å². The van der Waals surface area contributed by atoms with E-state index in [0.29, 0.717) is 0 Å². The zero-order chi connectivity index (χ0) is 17.7. The molecule has 0 amide bonds. The summed E-state index contributed by atoms with van der Waals surface area (Å²) in [5.41, 5.74) is 3.08. The largest absolute Gasteiger partial charge is 0.464 e. The van der Waals surface area contributed by atoms with Crippen molar-refractivity contribution in [3.8, 4) is 5.75 Å². The highest BCUT2D eigenvalue weighted by Crippen LogP contribution is 2.47. The Bertz CT molecular complexity index is 1000. The lowest BCUT2D eigenvalue weighted by molar-refractivity contribution is -0.0190. The number of fused-ring (bicyclic) bond motifs is 3. The first-order valence-electron chi connectivity index (χ1n) is 8.31. The van der Waals surface area contributed by atoms with Crippen LogP contribution in [-0.4, -0.2) is 10.7 Å². The maximum Gasteiger partial charge on any atom is 0.213 e. The fourth-order valence-corrected chi connectivity index (χ4v) is 4.88. The molecule has 130 valence electrons. The molecule has 0 saturated carbocycles. The van der Waals surface area contributed by atoms with Gasteiger partial charge in [0.25, 0.3) is 0 Å². The van der Waals surface area contributed by atoms with Crippen molar-refractivity contribution in [2.45, 2.75) is 18.7 Å². The number of hydrogen-bond acceptors (Lipinski definition) is 4. The average Bonchev–Trinajstić information content (AvgIpc) is 3.28. The third-order valence-corrected chi connectivity index (χ3v) is 6.38. The molecule has 2 aromatic carbocycles. The van der Waals surface area contributed by atoms with Crippen LogP contribution >= 0.6 is 27.3 Å². The summed E-state index contributed by atoms with van der Waals surface area (Å²) >= 11 is 5.21. The van der Waals surface area contributed by atoms with Gasteiger partial charge in [0.2, 0.25) is 6.23 Å². The van der Waals surface area contributed by atoms with Crippen molar-refractivity contribution in [2.75, 3.05) is 0 Å². The summed E-state index contributed by atoms with van der Waals surface area (Å²) in [6.07, 6.45) is 0.460. The molecule has 0 N–H and O–H groups in total. The average molecular weight is 429 g/mol. The molecule has 6 heteroatoms. The van der Waals surface area contributed by atoms with Crippen molar-refractivity contribution in [3.63, 3.8) is 0 Å².